The molecule has 0 aliphatic heterocycles. The lowest BCUT2D eigenvalue weighted by Crippen LogP contribution is -2.11. The van der Waals surface area contributed by atoms with E-state index in [9.17, 15) is 4.79 Å². The fourth-order valence-corrected chi connectivity index (χ4v) is 2.97. The summed E-state index contributed by atoms with van der Waals surface area (Å²) in [5.41, 5.74) is 2.64. The molecule has 8 nitrogen and oxygen atoms in total. The number of carbonyl (C=O) groups is 1. The summed E-state index contributed by atoms with van der Waals surface area (Å²) in [5.74, 6) is 0.0361. The van der Waals surface area contributed by atoms with E-state index in [1.807, 2.05) is 67.6 Å². The zero-order valence-corrected chi connectivity index (χ0v) is 16.0. The van der Waals surface area contributed by atoms with Gasteiger partial charge in [-0.05, 0) is 29.0 Å². The van der Waals surface area contributed by atoms with E-state index in [1.54, 1.807) is 15.6 Å². The number of ether oxygens (including phenoxy) is 1. The van der Waals surface area contributed by atoms with Crippen LogP contribution in [0.15, 0.2) is 66.9 Å². The summed E-state index contributed by atoms with van der Waals surface area (Å²) in [5, 5.41) is 16.1. The van der Waals surface area contributed by atoms with Crippen LogP contribution in [-0.4, -0.2) is 36.0 Å². The van der Waals surface area contributed by atoms with Crippen LogP contribution in [0, 0.1) is 0 Å². The molecule has 0 radical (unpaired) electrons. The number of aryl methyl sites for hydroxylation is 1. The van der Waals surface area contributed by atoms with E-state index in [0.717, 1.165) is 17.7 Å². The maximum absolute atomic E-state index is 12.9. The Morgan fingerprint density at radius 2 is 1.76 bits per heavy atom. The molecule has 4 rings (SSSR count). The molecule has 29 heavy (non-hydrogen) atoms. The number of aromatic nitrogens is 6. The largest absolute Gasteiger partial charge is 0.454 e. The fraction of sp³-hybridized carbons (Fsp3) is 0.190. The van der Waals surface area contributed by atoms with Gasteiger partial charge in [-0.1, -0.05) is 55.5 Å². The Morgan fingerprint density at radius 3 is 2.48 bits per heavy atom. The number of esters is 1. The van der Waals surface area contributed by atoms with Crippen LogP contribution in [0.25, 0.3) is 16.9 Å². The summed E-state index contributed by atoms with van der Waals surface area (Å²) >= 11 is 0. The first-order valence-electron chi connectivity index (χ1n) is 9.39. The Hall–Kier alpha value is -3.81. The third kappa shape index (κ3) is 4.06. The molecule has 2 aromatic heterocycles. The van der Waals surface area contributed by atoms with Gasteiger partial charge in [-0.25, -0.2) is 14.2 Å². The summed E-state index contributed by atoms with van der Waals surface area (Å²) in [7, 11) is 0. The lowest BCUT2D eigenvalue weighted by atomic mass is 10.1. The molecule has 0 aliphatic rings. The molecule has 4 aromatic rings. The Morgan fingerprint density at radius 1 is 1.03 bits per heavy atom. The zero-order chi connectivity index (χ0) is 20.1. The minimum absolute atomic E-state index is 0.00339. The van der Waals surface area contributed by atoms with Crippen LogP contribution in [0.5, 0.6) is 0 Å². The quantitative estimate of drug-likeness (QED) is 0.452. The molecule has 0 saturated heterocycles. The molecule has 0 aliphatic carbocycles. The van der Waals surface area contributed by atoms with Crippen molar-refractivity contribution < 1.29 is 9.53 Å². The first-order chi connectivity index (χ1) is 14.3. The Balaban J connectivity index is 1.63. The first kappa shape index (κ1) is 18.5. The molecular formula is C21H20N6O2. The molecule has 0 amide bonds. The summed E-state index contributed by atoms with van der Waals surface area (Å²) in [6.07, 6.45) is 2.57. The summed E-state index contributed by atoms with van der Waals surface area (Å²) in [4.78, 5) is 12.9. The van der Waals surface area contributed by atoms with Crippen LogP contribution in [0.4, 0.5) is 0 Å². The Bertz CT molecular complexity index is 1090. The van der Waals surface area contributed by atoms with Gasteiger partial charge in [0.25, 0.3) is 0 Å². The number of tetrazole rings is 1. The van der Waals surface area contributed by atoms with Crippen molar-refractivity contribution in [2.75, 3.05) is 0 Å². The smallest absolute Gasteiger partial charge is 0.342 e. The normalized spacial score (nSPS) is 10.8. The van der Waals surface area contributed by atoms with Gasteiger partial charge < -0.3 is 4.74 Å². The van der Waals surface area contributed by atoms with Crippen LogP contribution < -0.4 is 0 Å². The predicted molar refractivity (Wildman–Crippen MR) is 106 cm³/mol. The van der Waals surface area contributed by atoms with Gasteiger partial charge in [0.1, 0.15) is 11.3 Å². The molecule has 146 valence electrons. The SMILES string of the molecule is CCCn1nnnc1COC(=O)c1cn(-c2ccccc2)nc1-c1ccccc1. The topological polar surface area (TPSA) is 87.7 Å². The fourth-order valence-electron chi connectivity index (χ4n) is 2.97. The molecular weight excluding hydrogens is 368 g/mol. The first-order valence-corrected chi connectivity index (χ1v) is 9.39. The molecule has 2 heterocycles. The van der Waals surface area contributed by atoms with Gasteiger partial charge >= 0.3 is 5.97 Å². The third-order valence-corrected chi connectivity index (χ3v) is 4.38. The van der Waals surface area contributed by atoms with Gasteiger partial charge in [0.05, 0.1) is 5.69 Å². The van der Waals surface area contributed by atoms with E-state index in [2.05, 4.69) is 20.6 Å². The Labute approximate surface area is 167 Å². The van der Waals surface area contributed by atoms with Gasteiger partial charge in [0, 0.05) is 18.3 Å². The summed E-state index contributed by atoms with van der Waals surface area (Å²) < 4.78 is 8.83. The van der Waals surface area contributed by atoms with Crippen molar-refractivity contribution in [3.63, 3.8) is 0 Å². The molecule has 8 heteroatoms. The van der Waals surface area contributed by atoms with E-state index >= 15 is 0 Å². The molecule has 0 saturated carbocycles. The number of rotatable bonds is 7. The van der Waals surface area contributed by atoms with Gasteiger partial charge in [-0.3, -0.25) is 0 Å². The van der Waals surface area contributed by atoms with Crippen LogP contribution in [-0.2, 0) is 17.9 Å². The predicted octanol–water partition coefficient (Wildman–Crippen LogP) is 3.29. The highest BCUT2D eigenvalue weighted by Crippen LogP contribution is 2.24. The van der Waals surface area contributed by atoms with Crippen molar-refractivity contribution in [1.29, 1.82) is 0 Å². The molecule has 2 aromatic carbocycles. The minimum Gasteiger partial charge on any atom is -0.454 e. The van der Waals surface area contributed by atoms with E-state index < -0.39 is 5.97 Å². The monoisotopic (exact) mass is 388 g/mol. The van der Waals surface area contributed by atoms with E-state index in [-0.39, 0.29) is 6.61 Å². The Kier molecular flexibility index (Phi) is 5.42. The maximum Gasteiger partial charge on any atom is 0.342 e. The number of benzene rings is 2. The van der Waals surface area contributed by atoms with Gasteiger partial charge in [-0.2, -0.15) is 5.10 Å². The van der Waals surface area contributed by atoms with Crippen molar-refractivity contribution in [1.82, 2.24) is 30.0 Å². The van der Waals surface area contributed by atoms with Crippen molar-refractivity contribution in [3.8, 4) is 16.9 Å². The molecule has 0 spiro atoms. The molecule has 0 N–H and O–H groups in total. The van der Waals surface area contributed by atoms with Gasteiger partial charge in [0.2, 0.25) is 0 Å². The highest BCUT2D eigenvalue weighted by atomic mass is 16.5. The lowest BCUT2D eigenvalue weighted by molar-refractivity contribution is 0.0457. The third-order valence-electron chi connectivity index (χ3n) is 4.38. The summed E-state index contributed by atoms with van der Waals surface area (Å²) in [6.45, 7) is 2.69. The average Bonchev–Trinajstić information content (AvgIpc) is 3.41. The van der Waals surface area contributed by atoms with Crippen molar-refractivity contribution in [2.24, 2.45) is 0 Å². The highest BCUT2D eigenvalue weighted by Gasteiger charge is 2.21. The van der Waals surface area contributed by atoms with Crippen LogP contribution in [0.2, 0.25) is 0 Å². The number of para-hydroxylation sites is 1. The second kappa shape index (κ2) is 8.47. The molecule has 0 fully saturated rings. The van der Waals surface area contributed by atoms with Crippen molar-refractivity contribution >= 4 is 5.97 Å². The van der Waals surface area contributed by atoms with Gasteiger partial charge in [0.15, 0.2) is 12.4 Å². The molecule has 0 atom stereocenters. The number of hydrogen-bond donors (Lipinski definition) is 0. The second-order valence-electron chi connectivity index (χ2n) is 6.43. The van der Waals surface area contributed by atoms with E-state index in [1.165, 1.54) is 0 Å². The second-order valence-corrected chi connectivity index (χ2v) is 6.43. The zero-order valence-electron chi connectivity index (χ0n) is 16.0. The number of nitrogens with zero attached hydrogens (tertiary/aromatic N) is 6. The van der Waals surface area contributed by atoms with Crippen LogP contribution >= 0.6 is 0 Å². The van der Waals surface area contributed by atoms with Crippen molar-refractivity contribution in [3.05, 3.63) is 78.2 Å². The molecule has 0 unspecified atom stereocenters. The maximum atomic E-state index is 12.9. The number of carbonyl (C=O) groups excluding carboxylic acids is 1. The number of hydrogen-bond acceptors (Lipinski definition) is 6. The highest BCUT2D eigenvalue weighted by molar-refractivity contribution is 5.96. The standard InChI is InChI=1S/C21H20N6O2/c1-2-13-26-19(22-24-25-26)15-29-21(28)18-14-27(17-11-7-4-8-12-17)23-20(18)16-9-5-3-6-10-16/h3-12,14H,2,13,15H2,1H3. The van der Waals surface area contributed by atoms with Crippen LogP contribution in [0.3, 0.4) is 0 Å². The van der Waals surface area contributed by atoms with Gasteiger partial charge in [-0.15, -0.1) is 5.10 Å². The lowest BCUT2D eigenvalue weighted by Gasteiger charge is -2.05. The minimum atomic E-state index is -0.475. The average molecular weight is 388 g/mol. The van der Waals surface area contributed by atoms with E-state index in [0.29, 0.717) is 23.6 Å². The summed E-state index contributed by atoms with van der Waals surface area (Å²) in [6, 6.07) is 19.2. The van der Waals surface area contributed by atoms with E-state index in [4.69, 9.17) is 4.74 Å². The van der Waals surface area contributed by atoms with Crippen LogP contribution in [0.1, 0.15) is 29.5 Å². The molecule has 0 bridgehead atoms. The van der Waals surface area contributed by atoms with Crippen molar-refractivity contribution in [2.45, 2.75) is 26.5 Å².